The standard InChI is InChI=1S/C17H19N3OS/c1-2-21-16-11-7-6-10-15(16)13-19-20-17(22)18-12-14-8-4-3-5-9-14/h3-11,13H,2,12H2,1H3,(H2,18,20,22)/b19-13-. The molecule has 0 unspecified atom stereocenters. The molecule has 0 fully saturated rings. The monoisotopic (exact) mass is 313 g/mol. The summed E-state index contributed by atoms with van der Waals surface area (Å²) in [5.41, 5.74) is 4.87. The number of hydrazone groups is 1. The molecule has 2 aromatic carbocycles. The number of hydrogen-bond donors (Lipinski definition) is 2. The summed E-state index contributed by atoms with van der Waals surface area (Å²) >= 11 is 5.19. The molecule has 5 heteroatoms. The lowest BCUT2D eigenvalue weighted by molar-refractivity contribution is 0.340. The predicted molar refractivity (Wildman–Crippen MR) is 94.2 cm³/mol. The summed E-state index contributed by atoms with van der Waals surface area (Å²) in [6, 6.07) is 17.8. The molecular weight excluding hydrogens is 294 g/mol. The molecule has 0 radical (unpaired) electrons. The molecule has 0 aliphatic heterocycles. The Bertz CT molecular complexity index is 629. The Morgan fingerprint density at radius 1 is 1.14 bits per heavy atom. The quantitative estimate of drug-likeness (QED) is 0.489. The first-order valence-corrected chi connectivity index (χ1v) is 7.53. The summed E-state index contributed by atoms with van der Waals surface area (Å²) in [6.45, 7) is 3.24. The predicted octanol–water partition coefficient (Wildman–Crippen LogP) is 3.08. The first-order chi connectivity index (χ1) is 10.8. The van der Waals surface area contributed by atoms with Gasteiger partial charge in [0.25, 0.3) is 0 Å². The van der Waals surface area contributed by atoms with Crippen molar-refractivity contribution < 1.29 is 4.74 Å². The fourth-order valence-corrected chi connectivity index (χ4v) is 1.98. The van der Waals surface area contributed by atoms with Crippen LogP contribution in [0.5, 0.6) is 5.75 Å². The molecule has 0 atom stereocenters. The second kappa shape index (κ2) is 8.79. The van der Waals surface area contributed by atoms with Crippen LogP contribution in [0, 0.1) is 0 Å². The number of nitrogens with zero attached hydrogens (tertiary/aromatic N) is 1. The molecule has 0 amide bonds. The number of nitrogens with one attached hydrogen (secondary N) is 2. The van der Waals surface area contributed by atoms with Crippen molar-refractivity contribution in [3.63, 3.8) is 0 Å². The van der Waals surface area contributed by atoms with Crippen molar-refractivity contribution in [3.05, 3.63) is 65.7 Å². The highest BCUT2D eigenvalue weighted by Gasteiger charge is 1.99. The first-order valence-electron chi connectivity index (χ1n) is 7.12. The van der Waals surface area contributed by atoms with Crippen LogP contribution in [0.4, 0.5) is 0 Å². The van der Waals surface area contributed by atoms with Crippen LogP contribution >= 0.6 is 12.2 Å². The van der Waals surface area contributed by atoms with Gasteiger partial charge in [-0.1, -0.05) is 42.5 Å². The van der Waals surface area contributed by atoms with Gasteiger partial charge in [0.1, 0.15) is 5.75 Å². The van der Waals surface area contributed by atoms with Crippen molar-refractivity contribution in [1.82, 2.24) is 10.7 Å². The van der Waals surface area contributed by atoms with Gasteiger partial charge >= 0.3 is 0 Å². The van der Waals surface area contributed by atoms with Crippen molar-refractivity contribution in [1.29, 1.82) is 0 Å². The third kappa shape index (κ3) is 5.18. The lowest BCUT2D eigenvalue weighted by Crippen LogP contribution is -2.31. The molecule has 0 spiro atoms. The zero-order chi connectivity index (χ0) is 15.6. The van der Waals surface area contributed by atoms with Crippen LogP contribution in [0.25, 0.3) is 0 Å². The lowest BCUT2D eigenvalue weighted by atomic mass is 10.2. The molecule has 0 aliphatic rings. The zero-order valence-corrected chi connectivity index (χ0v) is 13.3. The fourth-order valence-electron chi connectivity index (χ4n) is 1.85. The maximum absolute atomic E-state index is 5.53. The van der Waals surface area contributed by atoms with Crippen LogP contribution < -0.4 is 15.5 Å². The number of ether oxygens (including phenoxy) is 1. The van der Waals surface area contributed by atoms with E-state index >= 15 is 0 Å². The summed E-state index contributed by atoms with van der Waals surface area (Å²) in [5, 5.41) is 7.72. The van der Waals surface area contributed by atoms with Gasteiger partial charge in [0.2, 0.25) is 0 Å². The van der Waals surface area contributed by atoms with Crippen LogP contribution in [0.1, 0.15) is 18.1 Å². The van der Waals surface area contributed by atoms with Crippen molar-refractivity contribution in [2.45, 2.75) is 13.5 Å². The van der Waals surface area contributed by atoms with Gasteiger partial charge < -0.3 is 10.1 Å². The summed E-state index contributed by atoms with van der Waals surface area (Å²) in [7, 11) is 0. The molecule has 2 N–H and O–H groups in total. The van der Waals surface area contributed by atoms with Crippen molar-refractivity contribution in [3.8, 4) is 5.75 Å². The Morgan fingerprint density at radius 3 is 2.64 bits per heavy atom. The molecule has 0 heterocycles. The molecule has 4 nitrogen and oxygen atoms in total. The first kappa shape index (κ1) is 16.0. The van der Waals surface area contributed by atoms with Gasteiger partial charge in [-0.25, -0.2) is 0 Å². The van der Waals surface area contributed by atoms with E-state index in [9.17, 15) is 0 Å². The largest absolute Gasteiger partial charge is 0.493 e. The van der Waals surface area contributed by atoms with Crippen LogP contribution in [0.2, 0.25) is 0 Å². The number of para-hydroxylation sites is 1. The van der Waals surface area contributed by atoms with E-state index in [4.69, 9.17) is 17.0 Å². The summed E-state index contributed by atoms with van der Waals surface area (Å²) < 4.78 is 5.53. The maximum Gasteiger partial charge on any atom is 0.187 e. The average Bonchev–Trinajstić information content (AvgIpc) is 2.56. The lowest BCUT2D eigenvalue weighted by Gasteiger charge is -2.08. The summed E-state index contributed by atoms with van der Waals surface area (Å²) in [6.07, 6.45) is 1.70. The number of benzene rings is 2. The van der Waals surface area contributed by atoms with Gasteiger partial charge in [-0.3, -0.25) is 5.43 Å². The molecule has 0 saturated heterocycles. The van der Waals surface area contributed by atoms with E-state index in [1.807, 2.05) is 61.5 Å². The van der Waals surface area contributed by atoms with Gasteiger partial charge in [-0.15, -0.1) is 0 Å². The van der Waals surface area contributed by atoms with Crippen LogP contribution in [-0.2, 0) is 6.54 Å². The summed E-state index contributed by atoms with van der Waals surface area (Å²) in [4.78, 5) is 0. The van der Waals surface area contributed by atoms with Crippen LogP contribution in [0.3, 0.4) is 0 Å². The summed E-state index contributed by atoms with van der Waals surface area (Å²) in [5.74, 6) is 0.804. The highest BCUT2D eigenvalue weighted by molar-refractivity contribution is 7.80. The van der Waals surface area contributed by atoms with Crippen molar-refractivity contribution in [2.75, 3.05) is 6.61 Å². The van der Waals surface area contributed by atoms with E-state index in [1.54, 1.807) is 6.21 Å². The minimum atomic E-state index is 0.481. The van der Waals surface area contributed by atoms with Crippen LogP contribution in [-0.4, -0.2) is 17.9 Å². The van der Waals surface area contributed by atoms with E-state index < -0.39 is 0 Å². The molecule has 0 aliphatic carbocycles. The molecule has 0 bridgehead atoms. The molecule has 114 valence electrons. The molecular formula is C17H19N3OS. The van der Waals surface area contributed by atoms with E-state index in [0.717, 1.165) is 16.9 Å². The van der Waals surface area contributed by atoms with Gasteiger partial charge in [-0.05, 0) is 36.8 Å². The number of hydrogen-bond acceptors (Lipinski definition) is 3. The Labute approximate surface area is 136 Å². The third-order valence-corrected chi connectivity index (χ3v) is 3.12. The SMILES string of the molecule is CCOc1ccccc1/C=N\NC(=S)NCc1ccccc1. The number of rotatable bonds is 6. The molecule has 2 rings (SSSR count). The fraction of sp³-hybridized carbons (Fsp3) is 0.176. The third-order valence-electron chi connectivity index (χ3n) is 2.88. The van der Waals surface area contributed by atoms with Crippen molar-refractivity contribution in [2.24, 2.45) is 5.10 Å². The normalized spacial score (nSPS) is 10.4. The van der Waals surface area contributed by atoms with E-state index in [0.29, 0.717) is 18.3 Å². The second-order valence-electron chi connectivity index (χ2n) is 4.51. The maximum atomic E-state index is 5.53. The van der Waals surface area contributed by atoms with Crippen molar-refractivity contribution >= 4 is 23.5 Å². The second-order valence-corrected chi connectivity index (χ2v) is 4.92. The van der Waals surface area contributed by atoms with Gasteiger partial charge in [0.15, 0.2) is 5.11 Å². The molecule has 0 aromatic heterocycles. The molecule has 0 saturated carbocycles. The minimum Gasteiger partial charge on any atom is -0.493 e. The van der Waals surface area contributed by atoms with E-state index in [2.05, 4.69) is 15.8 Å². The van der Waals surface area contributed by atoms with Crippen LogP contribution in [0.15, 0.2) is 59.7 Å². The topological polar surface area (TPSA) is 45.6 Å². The van der Waals surface area contributed by atoms with E-state index in [-0.39, 0.29) is 0 Å². The highest BCUT2D eigenvalue weighted by atomic mass is 32.1. The Kier molecular flexibility index (Phi) is 6.39. The van der Waals surface area contributed by atoms with Gasteiger partial charge in [-0.2, -0.15) is 5.10 Å². The molecule has 22 heavy (non-hydrogen) atoms. The minimum absolute atomic E-state index is 0.481. The van der Waals surface area contributed by atoms with Gasteiger partial charge in [0.05, 0.1) is 12.8 Å². The Balaban J connectivity index is 1.83. The Morgan fingerprint density at radius 2 is 1.86 bits per heavy atom. The smallest absolute Gasteiger partial charge is 0.187 e. The van der Waals surface area contributed by atoms with E-state index in [1.165, 1.54) is 0 Å². The average molecular weight is 313 g/mol. The zero-order valence-electron chi connectivity index (χ0n) is 12.5. The molecule has 2 aromatic rings. The number of thiocarbonyl (C=S) groups is 1. The highest BCUT2D eigenvalue weighted by Crippen LogP contribution is 2.15. The van der Waals surface area contributed by atoms with Gasteiger partial charge in [0, 0.05) is 12.1 Å². The Hall–Kier alpha value is -2.40.